The van der Waals surface area contributed by atoms with E-state index in [1.165, 1.54) is 6.33 Å². The van der Waals surface area contributed by atoms with Gasteiger partial charge in [-0.2, -0.15) is 0 Å². The number of carbonyl (C=O) groups is 1. The summed E-state index contributed by atoms with van der Waals surface area (Å²) in [4.78, 5) is 22.9. The summed E-state index contributed by atoms with van der Waals surface area (Å²) >= 11 is 1.57. The van der Waals surface area contributed by atoms with Gasteiger partial charge in [0, 0.05) is 13.6 Å². The molecule has 0 atom stereocenters. The summed E-state index contributed by atoms with van der Waals surface area (Å²) in [5, 5.41) is 5.83. The topological polar surface area (TPSA) is 58.1 Å². The molecule has 0 fully saturated rings. The normalized spacial score (nSPS) is 10.6. The molecule has 2 rings (SSSR count). The van der Waals surface area contributed by atoms with E-state index in [1.54, 1.807) is 11.3 Å². The average molecular weight is 264 g/mol. The number of likely N-dealkylation sites (N-methyl/N-ethyl adjacent to an activating group) is 1. The maximum absolute atomic E-state index is 11.7. The van der Waals surface area contributed by atoms with Crippen LogP contribution >= 0.6 is 11.3 Å². The maximum atomic E-state index is 11.7. The van der Waals surface area contributed by atoms with Gasteiger partial charge in [0.1, 0.15) is 17.0 Å². The summed E-state index contributed by atoms with van der Waals surface area (Å²) in [5.74, 6) is 0.814. The van der Waals surface area contributed by atoms with Crippen LogP contribution in [0.5, 0.6) is 0 Å². The van der Waals surface area contributed by atoms with E-state index < -0.39 is 0 Å². The number of hydrogen-bond donors (Lipinski definition) is 1. The minimum atomic E-state index is 0.0151. The number of nitrogens with zero attached hydrogens (tertiary/aromatic N) is 3. The summed E-state index contributed by atoms with van der Waals surface area (Å²) in [6.45, 7) is 3.05. The number of aromatic nitrogens is 2. The summed E-state index contributed by atoms with van der Waals surface area (Å²) in [5.41, 5.74) is 0. The van der Waals surface area contributed by atoms with Gasteiger partial charge in [0.2, 0.25) is 5.91 Å². The molecule has 0 radical (unpaired) electrons. The first-order valence-electron chi connectivity index (χ1n) is 5.88. The molecule has 2 aromatic rings. The van der Waals surface area contributed by atoms with E-state index in [-0.39, 0.29) is 5.91 Å². The van der Waals surface area contributed by atoms with Crippen molar-refractivity contribution < 1.29 is 4.79 Å². The highest BCUT2D eigenvalue weighted by Gasteiger charge is 2.12. The number of carbonyl (C=O) groups excluding carboxylic acids is 1. The third-order valence-electron chi connectivity index (χ3n) is 2.56. The zero-order valence-electron chi connectivity index (χ0n) is 10.5. The van der Waals surface area contributed by atoms with Crippen LogP contribution in [0.3, 0.4) is 0 Å². The molecule has 96 valence electrons. The summed E-state index contributed by atoms with van der Waals surface area (Å²) in [7, 11) is 1.87. The first kappa shape index (κ1) is 12.8. The predicted molar refractivity (Wildman–Crippen MR) is 74.0 cm³/mol. The van der Waals surface area contributed by atoms with E-state index in [1.807, 2.05) is 30.3 Å². The van der Waals surface area contributed by atoms with Gasteiger partial charge in [-0.25, -0.2) is 9.97 Å². The summed E-state index contributed by atoms with van der Waals surface area (Å²) in [6.07, 6.45) is 2.48. The van der Waals surface area contributed by atoms with Crippen LogP contribution < -0.4 is 10.2 Å². The van der Waals surface area contributed by atoms with Gasteiger partial charge >= 0.3 is 0 Å². The molecule has 0 aliphatic rings. The molecule has 0 aromatic carbocycles. The molecule has 2 aromatic heterocycles. The Bertz CT molecular complexity index is 540. The fourth-order valence-corrected chi connectivity index (χ4v) is 2.42. The van der Waals surface area contributed by atoms with Crippen molar-refractivity contribution in [3.05, 3.63) is 17.8 Å². The number of rotatable bonds is 5. The van der Waals surface area contributed by atoms with Crippen LogP contribution in [0, 0.1) is 0 Å². The number of fused-ring (bicyclic) bond motifs is 1. The summed E-state index contributed by atoms with van der Waals surface area (Å²) < 4.78 is 0. The molecule has 2 heterocycles. The lowest BCUT2D eigenvalue weighted by molar-refractivity contribution is -0.119. The highest BCUT2D eigenvalue weighted by Crippen LogP contribution is 2.25. The van der Waals surface area contributed by atoms with Gasteiger partial charge in [-0.15, -0.1) is 11.3 Å². The first-order valence-corrected chi connectivity index (χ1v) is 6.76. The number of amides is 1. The van der Waals surface area contributed by atoms with Crippen molar-refractivity contribution in [1.29, 1.82) is 0 Å². The standard InChI is InChI=1S/C12H16N4OS/c1-3-5-13-10(17)7-16(2)11-9-4-6-18-12(9)15-8-14-11/h4,6,8H,3,5,7H2,1-2H3,(H,13,17). The van der Waals surface area contributed by atoms with Gasteiger partial charge in [0.25, 0.3) is 0 Å². The van der Waals surface area contributed by atoms with Crippen molar-refractivity contribution in [3.63, 3.8) is 0 Å². The van der Waals surface area contributed by atoms with Crippen LogP contribution in [-0.2, 0) is 4.79 Å². The molecule has 6 heteroatoms. The second-order valence-electron chi connectivity index (χ2n) is 4.04. The smallest absolute Gasteiger partial charge is 0.239 e. The SMILES string of the molecule is CCCNC(=O)CN(C)c1ncnc2sccc12. The van der Waals surface area contributed by atoms with Crippen molar-refractivity contribution in [2.24, 2.45) is 0 Å². The van der Waals surface area contributed by atoms with Gasteiger partial charge in [0.05, 0.1) is 11.9 Å². The second-order valence-corrected chi connectivity index (χ2v) is 4.94. The van der Waals surface area contributed by atoms with Gasteiger partial charge in [0.15, 0.2) is 0 Å². The van der Waals surface area contributed by atoms with Crippen molar-refractivity contribution in [1.82, 2.24) is 15.3 Å². The lowest BCUT2D eigenvalue weighted by Crippen LogP contribution is -2.35. The Morgan fingerprint density at radius 2 is 2.33 bits per heavy atom. The van der Waals surface area contributed by atoms with Crippen molar-refractivity contribution in [3.8, 4) is 0 Å². The van der Waals surface area contributed by atoms with Crippen LogP contribution in [0.4, 0.5) is 5.82 Å². The molecule has 0 spiro atoms. The van der Waals surface area contributed by atoms with E-state index >= 15 is 0 Å². The Morgan fingerprint density at radius 1 is 1.50 bits per heavy atom. The Hall–Kier alpha value is -1.69. The molecule has 1 amide bonds. The minimum absolute atomic E-state index is 0.0151. The largest absolute Gasteiger partial charge is 0.355 e. The lowest BCUT2D eigenvalue weighted by atomic mass is 10.3. The predicted octanol–water partition coefficient (Wildman–Crippen LogP) is 1.65. The Labute approximate surface area is 110 Å². The molecule has 0 bridgehead atoms. The molecule has 0 saturated carbocycles. The number of nitrogens with one attached hydrogen (secondary N) is 1. The van der Waals surface area contributed by atoms with Crippen LogP contribution in [0.2, 0.25) is 0 Å². The number of thiophene rings is 1. The molecular weight excluding hydrogens is 248 g/mol. The van der Waals surface area contributed by atoms with Gasteiger partial charge < -0.3 is 10.2 Å². The van der Waals surface area contributed by atoms with Gasteiger partial charge in [-0.3, -0.25) is 4.79 Å². The maximum Gasteiger partial charge on any atom is 0.239 e. The van der Waals surface area contributed by atoms with E-state index in [2.05, 4.69) is 15.3 Å². The van der Waals surface area contributed by atoms with Crippen LogP contribution in [0.15, 0.2) is 17.8 Å². The molecule has 0 aliphatic heterocycles. The van der Waals surface area contributed by atoms with E-state index in [4.69, 9.17) is 0 Å². The van der Waals surface area contributed by atoms with E-state index in [9.17, 15) is 4.79 Å². The third kappa shape index (κ3) is 2.76. The fourth-order valence-electron chi connectivity index (χ4n) is 1.69. The van der Waals surface area contributed by atoms with Crippen LogP contribution in [0.1, 0.15) is 13.3 Å². The zero-order chi connectivity index (χ0) is 13.0. The quantitative estimate of drug-likeness (QED) is 0.892. The molecule has 5 nitrogen and oxygen atoms in total. The number of anilines is 1. The Balaban J connectivity index is 2.11. The molecule has 1 N–H and O–H groups in total. The third-order valence-corrected chi connectivity index (χ3v) is 3.38. The van der Waals surface area contributed by atoms with E-state index in [0.717, 1.165) is 22.5 Å². The second kappa shape index (κ2) is 5.77. The zero-order valence-corrected chi connectivity index (χ0v) is 11.3. The van der Waals surface area contributed by atoms with Crippen molar-refractivity contribution in [2.45, 2.75) is 13.3 Å². The van der Waals surface area contributed by atoms with Gasteiger partial charge in [-0.1, -0.05) is 6.92 Å². The number of hydrogen-bond acceptors (Lipinski definition) is 5. The summed E-state index contributed by atoms with van der Waals surface area (Å²) in [6, 6.07) is 1.98. The highest BCUT2D eigenvalue weighted by molar-refractivity contribution is 7.16. The minimum Gasteiger partial charge on any atom is -0.355 e. The monoisotopic (exact) mass is 264 g/mol. The Morgan fingerprint density at radius 3 is 3.11 bits per heavy atom. The fraction of sp³-hybridized carbons (Fsp3) is 0.417. The molecule has 0 saturated heterocycles. The lowest BCUT2D eigenvalue weighted by Gasteiger charge is -2.18. The van der Waals surface area contributed by atoms with Crippen molar-refractivity contribution in [2.75, 3.05) is 25.0 Å². The van der Waals surface area contributed by atoms with Crippen LogP contribution in [-0.4, -0.2) is 36.0 Å². The Kier molecular flexibility index (Phi) is 4.09. The van der Waals surface area contributed by atoms with Crippen LogP contribution in [0.25, 0.3) is 10.2 Å². The molecule has 0 aliphatic carbocycles. The molecule has 0 unspecified atom stereocenters. The molecule has 18 heavy (non-hydrogen) atoms. The molecular formula is C12H16N4OS. The first-order chi connectivity index (χ1) is 8.72. The van der Waals surface area contributed by atoms with E-state index in [0.29, 0.717) is 13.1 Å². The highest BCUT2D eigenvalue weighted by atomic mass is 32.1. The van der Waals surface area contributed by atoms with Crippen molar-refractivity contribution >= 4 is 33.3 Å². The van der Waals surface area contributed by atoms with Gasteiger partial charge in [-0.05, 0) is 17.9 Å². The average Bonchev–Trinajstić information content (AvgIpc) is 2.84.